The maximum absolute atomic E-state index is 12.5. The van der Waals surface area contributed by atoms with Gasteiger partial charge < -0.3 is 9.67 Å². The van der Waals surface area contributed by atoms with E-state index in [1.54, 1.807) is 6.07 Å². The van der Waals surface area contributed by atoms with Crippen molar-refractivity contribution in [3.63, 3.8) is 0 Å². The summed E-state index contributed by atoms with van der Waals surface area (Å²) < 4.78 is 3.59. The first kappa shape index (κ1) is 19.0. The fourth-order valence-corrected chi connectivity index (χ4v) is 2.73. The highest BCUT2D eigenvalue weighted by Gasteiger charge is 2.18. The van der Waals surface area contributed by atoms with Gasteiger partial charge in [-0.3, -0.25) is 24.0 Å². The van der Waals surface area contributed by atoms with Gasteiger partial charge in [-0.15, -0.1) is 0 Å². The molecule has 0 fully saturated rings. The fourth-order valence-electron chi connectivity index (χ4n) is 2.73. The number of nitrogens with one attached hydrogen (secondary N) is 1. The van der Waals surface area contributed by atoms with E-state index in [4.69, 9.17) is 0 Å². The predicted molar refractivity (Wildman–Crippen MR) is 102 cm³/mol. The molecule has 3 aromatic rings. The number of hydrazone groups is 1. The van der Waals surface area contributed by atoms with Crippen LogP contribution in [-0.2, 0) is 20.6 Å². The van der Waals surface area contributed by atoms with Crippen molar-refractivity contribution in [3.05, 3.63) is 60.8 Å². The largest absolute Gasteiger partial charge is 0.395 e. The highest BCUT2D eigenvalue weighted by molar-refractivity contribution is 5.81. The minimum Gasteiger partial charge on any atom is -0.395 e. The van der Waals surface area contributed by atoms with E-state index in [2.05, 4.69) is 15.5 Å². The third-order valence-electron chi connectivity index (χ3n) is 4.13. The van der Waals surface area contributed by atoms with E-state index >= 15 is 0 Å². The highest BCUT2D eigenvalue weighted by atomic mass is 16.6. The number of benzene rings is 1. The van der Waals surface area contributed by atoms with Crippen molar-refractivity contribution in [1.29, 1.82) is 0 Å². The molecule has 1 aromatic carbocycles. The molecule has 0 aliphatic heterocycles. The molecule has 0 unspecified atom stereocenters. The van der Waals surface area contributed by atoms with Gasteiger partial charge in [0.1, 0.15) is 0 Å². The molecule has 12 nitrogen and oxygen atoms in total. The fraction of sp³-hybridized carbons (Fsp3) is 0.250. The molecule has 28 heavy (non-hydrogen) atoms. The van der Waals surface area contributed by atoms with Gasteiger partial charge in [0.2, 0.25) is 5.95 Å². The van der Waals surface area contributed by atoms with E-state index in [0.29, 0.717) is 5.56 Å². The molecule has 146 valence electrons. The third-order valence-corrected chi connectivity index (χ3v) is 4.13. The van der Waals surface area contributed by atoms with E-state index < -0.39 is 16.2 Å². The average Bonchev–Trinajstić information content (AvgIpc) is 3.04. The number of aryl methyl sites for hydroxylation is 1. The quantitative estimate of drug-likeness (QED) is 0.337. The number of hydrogen-bond acceptors (Lipinski definition) is 8. The summed E-state index contributed by atoms with van der Waals surface area (Å²) in [6, 6.07) is 5.87. The van der Waals surface area contributed by atoms with Gasteiger partial charge in [0, 0.05) is 38.3 Å². The average molecular weight is 387 g/mol. The van der Waals surface area contributed by atoms with E-state index in [-0.39, 0.29) is 36.0 Å². The van der Waals surface area contributed by atoms with Gasteiger partial charge in [-0.05, 0) is 0 Å². The lowest BCUT2D eigenvalue weighted by atomic mass is 10.2. The second kappa shape index (κ2) is 7.44. The number of nitro benzene ring substituents is 1. The zero-order valence-corrected chi connectivity index (χ0v) is 15.1. The standard InChI is InChI=1S/C16H17N7O5/c1-20-13-12(14(25)21(2)16(20)26)22(6-7-24)15(18-13)19-17-9-10-4-3-5-11(8-10)23(27)28/h3-5,8-9,24H,6-7H2,1-2H3,(H,18,19)/b17-9-. The summed E-state index contributed by atoms with van der Waals surface area (Å²) in [6.07, 6.45) is 1.35. The van der Waals surface area contributed by atoms with Crippen LogP contribution >= 0.6 is 0 Å². The van der Waals surface area contributed by atoms with Crippen molar-refractivity contribution in [2.75, 3.05) is 12.0 Å². The maximum atomic E-state index is 12.5. The lowest BCUT2D eigenvalue weighted by Gasteiger charge is -2.07. The Balaban J connectivity index is 2.02. The van der Waals surface area contributed by atoms with Crippen molar-refractivity contribution in [2.24, 2.45) is 19.2 Å². The van der Waals surface area contributed by atoms with Crippen LogP contribution in [0.2, 0.25) is 0 Å². The van der Waals surface area contributed by atoms with Crippen LogP contribution in [0, 0.1) is 10.1 Å². The number of imidazole rings is 1. The number of nitro groups is 1. The second-order valence-corrected chi connectivity index (χ2v) is 5.91. The van der Waals surface area contributed by atoms with E-state index in [0.717, 1.165) is 4.57 Å². The Morgan fingerprint density at radius 2 is 2.07 bits per heavy atom. The molecule has 0 amide bonds. The van der Waals surface area contributed by atoms with Gasteiger partial charge in [0.25, 0.3) is 11.2 Å². The number of non-ortho nitro benzene ring substituents is 1. The molecule has 2 aromatic heterocycles. The monoisotopic (exact) mass is 387 g/mol. The van der Waals surface area contributed by atoms with Crippen molar-refractivity contribution in [2.45, 2.75) is 6.54 Å². The molecule has 0 saturated carbocycles. The summed E-state index contributed by atoms with van der Waals surface area (Å²) in [5.41, 5.74) is 2.28. The van der Waals surface area contributed by atoms with Crippen molar-refractivity contribution < 1.29 is 10.0 Å². The maximum Gasteiger partial charge on any atom is 0.332 e. The van der Waals surface area contributed by atoms with Gasteiger partial charge in [-0.25, -0.2) is 10.2 Å². The third kappa shape index (κ3) is 3.27. The Morgan fingerprint density at radius 1 is 1.32 bits per heavy atom. The lowest BCUT2D eigenvalue weighted by Crippen LogP contribution is -2.37. The van der Waals surface area contributed by atoms with Crippen LogP contribution in [0.25, 0.3) is 11.2 Å². The van der Waals surface area contributed by atoms with Crippen LogP contribution in [0.4, 0.5) is 11.6 Å². The summed E-state index contributed by atoms with van der Waals surface area (Å²) in [7, 11) is 2.84. The Morgan fingerprint density at radius 3 is 2.75 bits per heavy atom. The summed E-state index contributed by atoms with van der Waals surface area (Å²) >= 11 is 0. The molecule has 0 bridgehead atoms. The molecule has 0 aliphatic carbocycles. The number of anilines is 1. The first-order chi connectivity index (χ1) is 13.3. The molecule has 12 heteroatoms. The predicted octanol–water partition coefficient (Wildman–Crippen LogP) is -0.220. The smallest absolute Gasteiger partial charge is 0.332 e. The van der Waals surface area contributed by atoms with Crippen LogP contribution in [0.3, 0.4) is 0 Å². The molecule has 3 rings (SSSR count). The van der Waals surface area contributed by atoms with Crippen LogP contribution < -0.4 is 16.7 Å². The van der Waals surface area contributed by atoms with Crippen LogP contribution in [0.5, 0.6) is 0 Å². The van der Waals surface area contributed by atoms with E-state index in [1.807, 2.05) is 0 Å². The molecule has 0 atom stereocenters. The van der Waals surface area contributed by atoms with Gasteiger partial charge in [-0.2, -0.15) is 10.1 Å². The Labute approximate surface area is 157 Å². The first-order valence-electron chi connectivity index (χ1n) is 8.15. The number of fused-ring (bicyclic) bond motifs is 1. The molecule has 0 saturated heterocycles. The van der Waals surface area contributed by atoms with Crippen molar-refractivity contribution in [3.8, 4) is 0 Å². The van der Waals surface area contributed by atoms with E-state index in [9.17, 15) is 24.8 Å². The summed E-state index contributed by atoms with van der Waals surface area (Å²) in [5, 5.41) is 24.2. The Kier molecular flexibility index (Phi) is 5.04. The Hall–Kier alpha value is -3.80. The lowest BCUT2D eigenvalue weighted by molar-refractivity contribution is -0.384. The van der Waals surface area contributed by atoms with Gasteiger partial charge in [0.05, 0.1) is 17.7 Å². The second-order valence-electron chi connectivity index (χ2n) is 5.91. The minimum absolute atomic E-state index is 0.0542. The number of aromatic nitrogens is 4. The molecule has 0 spiro atoms. The number of aliphatic hydroxyl groups is 1. The molecule has 0 radical (unpaired) electrons. The van der Waals surface area contributed by atoms with Crippen LogP contribution in [-0.4, -0.2) is 41.5 Å². The highest BCUT2D eigenvalue weighted by Crippen LogP contribution is 2.16. The summed E-state index contributed by atoms with van der Waals surface area (Å²) in [6.45, 7) is -0.209. The van der Waals surface area contributed by atoms with Crippen LogP contribution in [0.15, 0.2) is 39.0 Å². The number of hydrogen-bond donors (Lipinski definition) is 2. The number of aliphatic hydroxyl groups excluding tert-OH is 1. The summed E-state index contributed by atoms with van der Waals surface area (Å²) in [4.78, 5) is 39.1. The topological polar surface area (TPSA) is 150 Å². The van der Waals surface area contributed by atoms with Crippen molar-refractivity contribution in [1.82, 2.24) is 18.7 Å². The van der Waals surface area contributed by atoms with Gasteiger partial charge >= 0.3 is 5.69 Å². The Bertz CT molecular complexity index is 1200. The van der Waals surface area contributed by atoms with Gasteiger partial charge in [-0.1, -0.05) is 12.1 Å². The molecule has 2 heterocycles. The zero-order chi connectivity index (χ0) is 20.4. The number of nitrogens with zero attached hydrogens (tertiary/aromatic N) is 6. The van der Waals surface area contributed by atoms with Crippen molar-refractivity contribution >= 4 is 29.0 Å². The van der Waals surface area contributed by atoms with E-state index in [1.165, 1.54) is 47.6 Å². The SMILES string of the molecule is Cn1c(=O)c2c(nc(N/N=C\c3cccc([N+](=O)[O-])c3)n2CCO)n(C)c1=O. The minimum atomic E-state index is -0.547. The van der Waals surface area contributed by atoms with Crippen LogP contribution in [0.1, 0.15) is 5.56 Å². The first-order valence-corrected chi connectivity index (χ1v) is 8.15. The van der Waals surface area contributed by atoms with Gasteiger partial charge in [0.15, 0.2) is 11.2 Å². The molecular weight excluding hydrogens is 370 g/mol. The molecule has 0 aliphatic rings. The molecule has 2 N–H and O–H groups in total. The molecular formula is C16H17N7O5. The summed E-state index contributed by atoms with van der Waals surface area (Å²) in [5.74, 6) is 0.143. The normalized spacial score (nSPS) is 11.4. The number of rotatable bonds is 6. The zero-order valence-electron chi connectivity index (χ0n) is 15.1.